The Morgan fingerprint density at radius 1 is 1.41 bits per heavy atom. The van der Waals surface area contributed by atoms with Gasteiger partial charge in [-0.1, -0.05) is 29.2 Å². The first-order valence-corrected chi connectivity index (χ1v) is 7.56. The van der Waals surface area contributed by atoms with Crippen LogP contribution in [0.4, 0.5) is 0 Å². The molecule has 86 valence electrons. The predicted molar refractivity (Wildman–Crippen MR) is 70.0 cm³/mol. The van der Waals surface area contributed by atoms with Crippen LogP contribution < -0.4 is 5.56 Å². The number of hydrogen-bond acceptors (Lipinski definition) is 7. The zero-order chi connectivity index (χ0) is 11.8. The van der Waals surface area contributed by atoms with Gasteiger partial charge in [0.25, 0.3) is 0 Å². The summed E-state index contributed by atoms with van der Waals surface area (Å²) in [7, 11) is 0. The maximum absolute atomic E-state index is 12.2. The molecule has 3 rings (SSSR count). The van der Waals surface area contributed by atoms with Gasteiger partial charge in [-0.3, -0.25) is 4.79 Å². The minimum absolute atomic E-state index is 0.214. The van der Waals surface area contributed by atoms with Gasteiger partial charge < -0.3 is 0 Å². The van der Waals surface area contributed by atoms with Crippen LogP contribution in [-0.2, 0) is 0 Å². The van der Waals surface area contributed by atoms with Crippen molar-refractivity contribution in [2.45, 2.75) is 4.34 Å². The molecule has 0 aromatic carbocycles. The highest BCUT2D eigenvalue weighted by Crippen LogP contribution is 2.22. The van der Waals surface area contributed by atoms with Gasteiger partial charge in [-0.15, -0.1) is 26.6 Å². The Hall–Kier alpha value is -1.25. The molecule has 0 aliphatic carbocycles. The van der Waals surface area contributed by atoms with Gasteiger partial charge in [-0.2, -0.15) is 4.52 Å². The smallest absolute Gasteiger partial charge is 0.265 e. The average Bonchev–Trinajstić information content (AvgIpc) is 2.97. The summed E-state index contributed by atoms with van der Waals surface area (Å²) >= 11 is 4.32. The summed E-state index contributed by atoms with van der Waals surface area (Å²) in [5.41, 5.74) is 0.143. The Bertz CT molecular complexity index is 715. The molecule has 17 heavy (non-hydrogen) atoms. The minimum atomic E-state index is -0.214. The van der Waals surface area contributed by atoms with Crippen LogP contribution >= 0.6 is 34.4 Å². The zero-order valence-corrected chi connectivity index (χ0v) is 11.1. The topological polar surface area (TPSA) is 60.2 Å². The molecule has 0 radical (unpaired) electrons. The molecule has 8 heteroatoms. The van der Waals surface area contributed by atoms with Crippen LogP contribution in [0, 0.1) is 0 Å². The second kappa shape index (κ2) is 4.21. The van der Waals surface area contributed by atoms with Crippen LogP contribution in [0.5, 0.6) is 0 Å². The van der Waals surface area contributed by atoms with Gasteiger partial charge in [0, 0.05) is 0 Å². The van der Waals surface area contributed by atoms with Crippen LogP contribution in [-0.4, -0.2) is 26.1 Å². The van der Waals surface area contributed by atoms with Crippen LogP contribution in [0.3, 0.4) is 0 Å². The molecule has 0 aliphatic heterocycles. The zero-order valence-electron chi connectivity index (χ0n) is 8.65. The van der Waals surface area contributed by atoms with Crippen molar-refractivity contribution >= 4 is 39.4 Å². The van der Waals surface area contributed by atoms with Gasteiger partial charge in [0.15, 0.2) is 10.0 Å². The summed E-state index contributed by atoms with van der Waals surface area (Å²) in [5, 5.41) is 14.1. The number of rotatable bonds is 2. The summed E-state index contributed by atoms with van der Waals surface area (Å²) in [6.07, 6.45) is 1.91. The van der Waals surface area contributed by atoms with Crippen molar-refractivity contribution in [3.8, 4) is 10.6 Å². The third-order valence-electron chi connectivity index (χ3n) is 2.10. The predicted octanol–water partition coefficient (Wildman–Crippen LogP) is 2.00. The van der Waals surface area contributed by atoms with E-state index in [1.54, 1.807) is 0 Å². The van der Waals surface area contributed by atoms with E-state index in [4.69, 9.17) is 0 Å². The number of nitrogens with zero attached hydrogens (tertiary/aromatic N) is 4. The number of fused-ring (bicyclic) bond motifs is 1. The van der Waals surface area contributed by atoms with E-state index in [1.807, 2.05) is 23.8 Å². The lowest BCUT2D eigenvalue weighted by Crippen LogP contribution is -2.18. The highest BCUT2D eigenvalue weighted by Gasteiger charge is 2.13. The van der Waals surface area contributed by atoms with Crippen molar-refractivity contribution in [2.24, 2.45) is 0 Å². The van der Waals surface area contributed by atoms with E-state index in [0.29, 0.717) is 10.7 Å². The molecule has 0 atom stereocenters. The first-order chi connectivity index (χ1) is 8.29. The maximum Gasteiger partial charge on any atom is 0.302 e. The van der Waals surface area contributed by atoms with Gasteiger partial charge in [-0.25, -0.2) is 0 Å². The van der Waals surface area contributed by atoms with E-state index in [1.165, 1.54) is 39.0 Å². The fourth-order valence-corrected chi connectivity index (χ4v) is 3.34. The average molecular weight is 282 g/mol. The van der Waals surface area contributed by atoms with Crippen LogP contribution in [0.25, 0.3) is 15.5 Å². The first kappa shape index (κ1) is 10.9. The van der Waals surface area contributed by atoms with E-state index in [-0.39, 0.29) is 5.56 Å². The molecule has 0 fully saturated rings. The molecule has 5 nitrogen and oxygen atoms in total. The number of thiophene rings is 1. The second-order valence-corrected chi connectivity index (χ2v) is 6.05. The maximum atomic E-state index is 12.2. The SMILES string of the molecule is CSc1nn2c(=O)c(-c3cccs3)nnc2s1. The molecular formula is C9H6N4OS3. The lowest BCUT2D eigenvalue weighted by molar-refractivity contribution is 0.830. The van der Waals surface area contributed by atoms with E-state index in [0.717, 1.165) is 9.22 Å². The number of aromatic nitrogens is 4. The van der Waals surface area contributed by atoms with E-state index in [9.17, 15) is 4.79 Å². The Morgan fingerprint density at radius 3 is 3.00 bits per heavy atom. The molecule has 0 spiro atoms. The molecular weight excluding hydrogens is 276 g/mol. The molecule has 0 bridgehead atoms. The largest absolute Gasteiger partial charge is 0.302 e. The molecule has 0 saturated heterocycles. The van der Waals surface area contributed by atoms with Crippen molar-refractivity contribution in [1.82, 2.24) is 19.8 Å². The molecule has 0 amide bonds. The first-order valence-electron chi connectivity index (χ1n) is 4.64. The summed E-state index contributed by atoms with van der Waals surface area (Å²) in [5.74, 6) is 0. The lowest BCUT2D eigenvalue weighted by atomic mass is 10.4. The van der Waals surface area contributed by atoms with Crippen molar-refractivity contribution < 1.29 is 0 Å². The van der Waals surface area contributed by atoms with E-state index < -0.39 is 0 Å². The van der Waals surface area contributed by atoms with Crippen molar-refractivity contribution in [3.05, 3.63) is 27.9 Å². The highest BCUT2D eigenvalue weighted by atomic mass is 32.2. The van der Waals surface area contributed by atoms with Gasteiger partial charge in [0.1, 0.15) is 0 Å². The summed E-state index contributed by atoms with van der Waals surface area (Å²) < 4.78 is 2.12. The summed E-state index contributed by atoms with van der Waals surface area (Å²) in [6.45, 7) is 0. The van der Waals surface area contributed by atoms with Gasteiger partial charge >= 0.3 is 5.56 Å². The quantitative estimate of drug-likeness (QED) is 0.673. The Labute approximate surface area is 108 Å². The highest BCUT2D eigenvalue weighted by molar-refractivity contribution is 8.00. The third-order valence-corrected chi connectivity index (χ3v) is 4.85. The molecule has 0 unspecified atom stereocenters. The fourth-order valence-electron chi connectivity index (χ4n) is 1.35. The molecule has 3 heterocycles. The molecule has 0 N–H and O–H groups in total. The Kier molecular flexibility index (Phi) is 2.69. The Morgan fingerprint density at radius 2 is 2.29 bits per heavy atom. The summed E-state index contributed by atoms with van der Waals surface area (Å²) in [6, 6.07) is 3.73. The third kappa shape index (κ3) is 1.78. The second-order valence-electron chi connectivity index (χ2n) is 3.10. The van der Waals surface area contributed by atoms with E-state index >= 15 is 0 Å². The van der Waals surface area contributed by atoms with E-state index in [2.05, 4.69) is 15.3 Å². The van der Waals surface area contributed by atoms with Crippen LogP contribution in [0.1, 0.15) is 0 Å². The van der Waals surface area contributed by atoms with Crippen molar-refractivity contribution in [1.29, 1.82) is 0 Å². The Balaban J connectivity index is 2.29. The molecule has 0 saturated carbocycles. The number of hydrogen-bond donors (Lipinski definition) is 0. The van der Waals surface area contributed by atoms with Crippen molar-refractivity contribution in [3.63, 3.8) is 0 Å². The van der Waals surface area contributed by atoms with Crippen molar-refractivity contribution in [2.75, 3.05) is 6.26 Å². The number of thioether (sulfide) groups is 1. The standard InChI is InChI=1S/C9H6N4OS3/c1-15-9-12-13-7(14)6(5-3-2-4-16-5)10-11-8(13)17-9/h2-4H,1H3. The normalized spacial score (nSPS) is 11.1. The fraction of sp³-hybridized carbons (Fsp3) is 0.111. The van der Waals surface area contributed by atoms with Crippen LogP contribution in [0.15, 0.2) is 26.6 Å². The van der Waals surface area contributed by atoms with Gasteiger partial charge in [0.05, 0.1) is 4.88 Å². The molecule has 3 aromatic heterocycles. The minimum Gasteiger partial charge on any atom is -0.265 e. The lowest BCUT2D eigenvalue weighted by Gasteiger charge is -1.93. The van der Waals surface area contributed by atoms with Gasteiger partial charge in [0.2, 0.25) is 4.96 Å². The molecule has 0 aliphatic rings. The van der Waals surface area contributed by atoms with Crippen LogP contribution in [0.2, 0.25) is 0 Å². The monoisotopic (exact) mass is 282 g/mol. The molecule has 3 aromatic rings. The van der Waals surface area contributed by atoms with Gasteiger partial charge in [-0.05, 0) is 17.7 Å². The summed E-state index contributed by atoms with van der Waals surface area (Å²) in [4.78, 5) is 13.5.